The molecular formula is C28H25NO8. The number of nitrogens with zero attached hydrogens (tertiary/aromatic N) is 1. The number of benzene rings is 3. The van der Waals surface area contributed by atoms with E-state index < -0.39 is 29.5 Å². The minimum Gasteiger partial charge on any atom is -0.506 e. The summed E-state index contributed by atoms with van der Waals surface area (Å²) >= 11 is 0. The van der Waals surface area contributed by atoms with Crippen LogP contribution in [0.4, 0.5) is 5.69 Å². The van der Waals surface area contributed by atoms with E-state index in [1.54, 1.807) is 60.7 Å². The number of methoxy groups -OCH3 is 3. The predicted octanol–water partition coefficient (Wildman–Crippen LogP) is 4.26. The standard InChI is InChI=1S/C28H25NO8/c1-16(30)37-20-11-5-8-17(14-20)25-24(26(31)23-21(35-3)12-7-13-22(23)36-4)27(32)28(33)29(25)18-9-6-10-19(15-18)34-2/h5-15,25,31H,1-4H3/b26-24+. The van der Waals surface area contributed by atoms with Crippen LogP contribution in [0.25, 0.3) is 5.76 Å². The van der Waals surface area contributed by atoms with Gasteiger partial charge in [0.05, 0.1) is 32.9 Å². The highest BCUT2D eigenvalue weighted by Gasteiger charge is 2.47. The third kappa shape index (κ3) is 4.71. The van der Waals surface area contributed by atoms with Gasteiger partial charge >= 0.3 is 5.97 Å². The third-order valence-corrected chi connectivity index (χ3v) is 5.88. The first-order chi connectivity index (χ1) is 17.8. The molecule has 190 valence electrons. The number of anilines is 1. The molecule has 0 radical (unpaired) electrons. The molecule has 9 heteroatoms. The molecule has 0 bridgehead atoms. The summed E-state index contributed by atoms with van der Waals surface area (Å²) in [5, 5.41) is 11.6. The van der Waals surface area contributed by atoms with Crippen molar-refractivity contribution in [3.63, 3.8) is 0 Å². The van der Waals surface area contributed by atoms with E-state index in [1.807, 2.05) is 0 Å². The van der Waals surface area contributed by atoms with Crippen LogP contribution in [-0.2, 0) is 14.4 Å². The Morgan fingerprint density at radius 1 is 0.838 bits per heavy atom. The number of esters is 1. The average molecular weight is 504 g/mol. The van der Waals surface area contributed by atoms with Crippen molar-refractivity contribution in [3.05, 3.63) is 83.4 Å². The number of ether oxygens (including phenoxy) is 4. The number of aliphatic hydroxyl groups is 1. The molecule has 1 aliphatic rings. The molecular weight excluding hydrogens is 478 g/mol. The zero-order chi connectivity index (χ0) is 26.7. The number of aliphatic hydroxyl groups excluding tert-OH is 1. The van der Waals surface area contributed by atoms with Crippen molar-refractivity contribution in [1.29, 1.82) is 0 Å². The Morgan fingerprint density at radius 3 is 2.08 bits per heavy atom. The summed E-state index contributed by atoms with van der Waals surface area (Å²) in [4.78, 5) is 39.8. The maximum Gasteiger partial charge on any atom is 0.308 e. The van der Waals surface area contributed by atoms with Gasteiger partial charge in [-0.3, -0.25) is 19.3 Å². The van der Waals surface area contributed by atoms with Gasteiger partial charge in [0.2, 0.25) is 0 Å². The number of amides is 1. The summed E-state index contributed by atoms with van der Waals surface area (Å²) in [6.07, 6.45) is 0. The van der Waals surface area contributed by atoms with Crippen LogP contribution in [0.15, 0.2) is 72.3 Å². The van der Waals surface area contributed by atoms with Gasteiger partial charge in [-0.25, -0.2) is 0 Å². The summed E-state index contributed by atoms with van der Waals surface area (Å²) in [5.74, 6) is -1.58. The number of Topliss-reactive ketones (excluding diaryl/α,β-unsaturated/α-hetero) is 1. The Labute approximate surface area is 213 Å². The molecule has 1 N–H and O–H groups in total. The molecule has 1 aliphatic heterocycles. The van der Waals surface area contributed by atoms with Crippen LogP contribution < -0.4 is 23.8 Å². The van der Waals surface area contributed by atoms with Gasteiger partial charge in [-0.15, -0.1) is 0 Å². The Morgan fingerprint density at radius 2 is 1.46 bits per heavy atom. The lowest BCUT2D eigenvalue weighted by molar-refractivity contribution is -0.132. The van der Waals surface area contributed by atoms with Crippen molar-refractivity contribution < 1.29 is 38.4 Å². The van der Waals surface area contributed by atoms with E-state index in [4.69, 9.17) is 18.9 Å². The molecule has 1 amide bonds. The fourth-order valence-corrected chi connectivity index (χ4v) is 4.31. The summed E-state index contributed by atoms with van der Waals surface area (Å²) in [6.45, 7) is 1.27. The molecule has 3 aromatic carbocycles. The lowest BCUT2D eigenvalue weighted by atomic mass is 9.94. The van der Waals surface area contributed by atoms with E-state index in [-0.39, 0.29) is 28.4 Å². The number of ketones is 1. The summed E-state index contributed by atoms with van der Waals surface area (Å²) in [5.41, 5.74) is 0.736. The number of carbonyl (C=O) groups is 3. The first-order valence-corrected chi connectivity index (χ1v) is 11.3. The molecule has 1 unspecified atom stereocenters. The summed E-state index contributed by atoms with van der Waals surface area (Å²) < 4.78 is 21.4. The molecule has 3 aromatic rings. The molecule has 0 spiro atoms. The van der Waals surface area contributed by atoms with Crippen LogP contribution in [0.3, 0.4) is 0 Å². The molecule has 0 aromatic heterocycles. The van der Waals surface area contributed by atoms with Crippen molar-refractivity contribution in [1.82, 2.24) is 0 Å². The summed E-state index contributed by atoms with van der Waals surface area (Å²) in [7, 11) is 4.32. The van der Waals surface area contributed by atoms with Crippen LogP contribution in [0, 0.1) is 0 Å². The third-order valence-electron chi connectivity index (χ3n) is 5.88. The lowest BCUT2D eigenvalue weighted by Crippen LogP contribution is -2.29. The second kappa shape index (κ2) is 10.4. The van der Waals surface area contributed by atoms with E-state index in [0.29, 0.717) is 17.0 Å². The summed E-state index contributed by atoms with van der Waals surface area (Å²) in [6, 6.07) is 16.9. The largest absolute Gasteiger partial charge is 0.506 e. The average Bonchev–Trinajstić information content (AvgIpc) is 3.17. The Bertz CT molecular complexity index is 1390. The van der Waals surface area contributed by atoms with Gasteiger partial charge in [0.25, 0.3) is 11.7 Å². The highest BCUT2D eigenvalue weighted by atomic mass is 16.5. The Hall–Kier alpha value is -4.79. The maximum absolute atomic E-state index is 13.5. The minimum atomic E-state index is -1.07. The van der Waals surface area contributed by atoms with Crippen molar-refractivity contribution in [2.75, 3.05) is 26.2 Å². The van der Waals surface area contributed by atoms with Gasteiger partial charge in [-0.2, -0.15) is 0 Å². The van der Waals surface area contributed by atoms with E-state index in [1.165, 1.54) is 39.2 Å². The topological polar surface area (TPSA) is 112 Å². The monoisotopic (exact) mass is 503 g/mol. The predicted molar refractivity (Wildman–Crippen MR) is 135 cm³/mol. The number of hydrogen-bond acceptors (Lipinski definition) is 8. The van der Waals surface area contributed by atoms with E-state index in [9.17, 15) is 19.5 Å². The van der Waals surface area contributed by atoms with Gasteiger partial charge in [-0.1, -0.05) is 24.3 Å². The van der Waals surface area contributed by atoms with Gasteiger partial charge < -0.3 is 24.1 Å². The first-order valence-electron chi connectivity index (χ1n) is 11.3. The van der Waals surface area contributed by atoms with E-state index in [2.05, 4.69) is 0 Å². The molecule has 0 aliphatic carbocycles. The second-order valence-electron chi connectivity index (χ2n) is 8.07. The number of carbonyl (C=O) groups excluding carboxylic acids is 3. The highest BCUT2D eigenvalue weighted by Crippen LogP contribution is 2.46. The Kier molecular flexibility index (Phi) is 7.15. The van der Waals surface area contributed by atoms with E-state index in [0.717, 1.165) is 0 Å². The molecule has 0 saturated carbocycles. The first kappa shape index (κ1) is 25.3. The molecule has 37 heavy (non-hydrogen) atoms. The van der Waals surface area contributed by atoms with Crippen LogP contribution in [0.2, 0.25) is 0 Å². The zero-order valence-corrected chi connectivity index (χ0v) is 20.7. The number of hydrogen-bond donors (Lipinski definition) is 1. The highest BCUT2D eigenvalue weighted by molar-refractivity contribution is 6.51. The van der Waals surface area contributed by atoms with E-state index >= 15 is 0 Å². The van der Waals surface area contributed by atoms with Gasteiger partial charge in [0.1, 0.15) is 34.3 Å². The second-order valence-corrected chi connectivity index (χ2v) is 8.07. The molecule has 9 nitrogen and oxygen atoms in total. The van der Waals surface area contributed by atoms with Crippen LogP contribution >= 0.6 is 0 Å². The molecule has 1 saturated heterocycles. The van der Waals surface area contributed by atoms with Crippen molar-refractivity contribution in [3.8, 4) is 23.0 Å². The lowest BCUT2D eigenvalue weighted by Gasteiger charge is -2.26. The van der Waals surface area contributed by atoms with Crippen molar-refractivity contribution >= 4 is 29.1 Å². The quantitative estimate of drug-likeness (QED) is 0.167. The maximum atomic E-state index is 13.5. The van der Waals surface area contributed by atoms with Crippen LogP contribution in [0.1, 0.15) is 24.1 Å². The molecule has 1 atom stereocenters. The molecule has 1 fully saturated rings. The molecule has 4 rings (SSSR count). The smallest absolute Gasteiger partial charge is 0.308 e. The fourth-order valence-electron chi connectivity index (χ4n) is 4.31. The molecule has 1 heterocycles. The Balaban J connectivity index is 2.01. The SMILES string of the molecule is COc1cccc(N2C(=O)C(=O)/C(=C(/O)c3c(OC)cccc3OC)C2c2cccc(OC(C)=O)c2)c1. The van der Waals surface area contributed by atoms with Gasteiger partial charge in [-0.05, 0) is 42.0 Å². The zero-order valence-electron chi connectivity index (χ0n) is 20.7. The normalized spacial score (nSPS) is 16.4. The minimum absolute atomic E-state index is 0.122. The van der Waals surface area contributed by atoms with Crippen LogP contribution in [0.5, 0.6) is 23.0 Å². The van der Waals surface area contributed by atoms with Crippen molar-refractivity contribution in [2.24, 2.45) is 0 Å². The van der Waals surface area contributed by atoms with Gasteiger partial charge in [0, 0.05) is 18.7 Å². The van der Waals surface area contributed by atoms with Crippen LogP contribution in [-0.4, -0.2) is 44.1 Å². The number of rotatable bonds is 7. The van der Waals surface area contributed by atoms with Gasteiger partial charge in [0.15, 0.2) is 0 Å². The fraction of sp³-hybridized carbons (Fsp3) is 0.179. The van der Waals surface area contributed by atoms with Crippen molar-refractivity contribution in [2.45, 2.75) is 13.0 Å².